The average molecular weight is 539 g/mol. The fourth-order valence-corrected chi connectivity index (χ4v) is 26.0. The number of rotatable bonds is 13. The van der Waals surface area contributed by atoms with Crippen LogP contribution in [0.5, 0.6) is 0 Å². The fourth-order valence-electron chi connectivity index (χ4n) is 3.18. The molecule has 1 rings (SSSR count). The first-order valence-corrected chi connectivity index (χ1v) is 28.2. The summed E-state index contributed by atoms with van der Waals surface area (Å²) in [7, 11) is -13.2. The van der Waals surface area contributed by atoms with Crippen LogP contribution >= 0.6 is 0 Å². The van der Waals surface area contributed by atoms with Crippen LogP contribution < -0.4 is 5.19 Å². The van der Waals surface area contributed by atoms with Crippen LogP contribution in [0, 0.1) is 0 Å². The molecule has 0 N–H and O–H groups in total. The van der Waals surface area contributed by atoms with Crippen molar-refractivity contribution in [3.05, 3.63) is 30.3 Å². The maximum atomic E-state index is 6.60. The van der Waals surface area contributed by atoms with Crippen molar-refractivity contribution in [1.29, 1.82) is 0 Å². The highest BCUT2D eigenvalue weighted by molar-refractivity contribution is 6.89. The summed E-state index contributed by atoms with van der Waals surface area (Å²) in [6.07, 6.45) is 0. The Hall–Kier alpha value is 0.498. The lowest BCUT2D eigenvalue weighted by Gasteiger charge is -2.35. The van der Waals surface area contributed by atoms with Gasteiger partial charge in [0.25, 0.3) is 18.6 Å². The van der Waals surface area contributed by atoms with Gasteiger partial charge in [-0.05, 0) is 77.2 Å². The highest BCUT2D eigenvalue weighted by Gasteiger charge is 2.39. The Morgan fingerprint density at radius 2 is 0.867 bits per heavy atom. The van der Waals surface area contributed by atoms with E-state index < -0.39 is 62.3 Å². The van der Waals surface area contributed by atoms with E-state index in [2.05, 4.69) is 84.1 Å². The van der Waals surface area contributed by atoms with E-state index in [0.29, 0.717) is 0 Å². The van der Waals surface area contributed by atoms with E-state index in [9.17, 15) is 0 Å². The predicted molar refractivity (Wildman–Crippen MR) is 143 cm³/mol. The zero-order chi connectivity index (χ0) is 23.2. The van der Waals surface area contributed by atoms with Gasteiger partial charge in [0.2, 0.25) is 0 Å². The minimum atomic E-state index is -2.67. The Morgan fingerprint density at radius 3 is 1.20 bits per heavy atom. The molecule has 0 aliphatic heterocycles. The zero-order valence-electron chi connectivity index (χ0n) is 20.6. The van der Waals surface area contributed by atoms with Gasteiger partial charge in [-0.1, -0.05) is 30.3 Å². The Bertz CT molecular complexity index is 593. The van der Waals surface area contributed by atoms with Gasteiger partial charge in [0.05, 0.1) is 0 Å². The van der Waals surface area contributed by atoms with Crippen LogP contribution in [0.3, 0.4) is 0 Å². The van der Waals surface area contributed by atoms with Crippen molar-refractivity contribution in [3.8, 4) is 0 Å². The van der Waals surface area contributed by atoms with Gasteiger partial charge < -0.3 is 24.7 Å². The molecular formula is C17H42O6Si7. The monoisotopic (exact) mass is 538 g/mol. The molecule has 0 heterocycles. The Kier molecular flexibility index (Phi) is 11.5. The first-order valence-electron chi connectivity index (χ1n) is 10.7. The predicted octanol–water partition coefficient (Wildman–Crippen LogP) is 3.14. The molecule has 30 heavy (non-hydrogen) atoms. The first kappa shape index (κ1) is 28.5. The van der Waals surface area contributed by atoms with Crippen molar-refractivity contribution in [2.24, 2.45) is 0 Å². The quantitative estimate of drug-likeness (QED) is 0.360. The largest absolute Gasteiger partial charge is 0.439 e. The van der Waals surface area contributed by atoms with E-state index >= 15 is 0 Å². The molecule has 0 fully saturated rings. The molecule has 0 amide bonds. The molecule has 0 bridgehead atoms. The van der Waals surface area contributed by atoms with E-state index in [0.717, 1.165) is 5.19 Å². The molecule has 0 spiro atoms. The van der Waals surface area contributed by atoms with E-state index in [1.165, 1.54) is 0 Å². The lowest BCUT2D eigenvalue weighted by Crippen LogP contribution is -2.58. The molecule has 0 aliphatic rings. The molecule has 6 nitrogen and oxygen atoms in total. The molecule has 13 heteroatoms. The summed E-state index contributed by atoms with van der Waals surface area (Å²) in [6, 6.07) is 10.3. The highest BCUT2D eigenvalue weighted by atomic mass is 28.5. The van der Waals surface area contributed by atoms with Gasteiger partial charge in [-0.3, -0.25) is 0 Å². The van der Waals surface area contributed by atoms with E-state index in [1.807, 2.05) is 18.2 Å². The molecular weight excluding hydrogens is 497 g/mol. The van der Waals surface area contributed by atoms with Crippen molar-refractivity contribution in [1.82, 2.24) is 0 Å². The third-order valence-corrected chi connectivity index (χ3v) is 26.0. The van der Waals surface area contributed by atoms with Crippen molar-refractivity contribution in [2.75, 3.05) is 0 Å². The van der Waals surface area contributed by atoms with Crippen LogP contribution in [0.15, 0.2) is 30.3 Å². The molecule has 1 aromatic rings. The lowest BCUT2D eigenvalue weighted by molar-refractivity contribution is 0.313. The van der Waals surface area contributed by atoms with Gasteiger partial charge in [-0.15, -0.1) is 0 Å². The van der Waals surface area contributed by atoms with Crippen LogP contribution in [-0.4, -0.2) is 62.3 Å². The summed E-state index contributed by atoms with van der Waals surface area (Å²) >= 11 is 0. The molecule has 0 aliphatic carbocycles. The van der Waals surface area contributed by atoms with Crippen LogP contribution in [0.25, 0.3) is 0 Å². The van der Waals surface area contributed by atoms with Crippen molar-refractivity contribution in [2.45, 2.75) is 72.0 Å². The van der Waals surface area contributed by atoms with Gasteiger partial charge in [0, 0.05) is 0 Å². The van der Waals surface area contributed by atoms with Crippen LogP contribution in [0.1, 0.15) is 0 Å². The SMILES string of the molecule is C[SiH](O[SiH](C)O[Si](C)(O[SiH](C)O[SiH](C)O[Si](C)(C)C)c1ccccc1)O[Si](C)(C)C. The topological polar surface area (TPSA) is 55.4 Å². The summed E-state index contributed by atoms with van der Waals surface area (Å²) in [5.41, 5.74) is 0. The van der Waals surface area contributed by atoms with Crippen molar-refractivity contribution in [3.63, 3.8) is 0 Å². The standard InChI is InChI=1S/C17H42O6Si7/c1-24(20-28(5,6)7)18-26(3)22-30(11,17-15-13-12-14-16-17)23-27(4)19-25(2)21-29(8,9)10/h12-16,24-27H,1-11H3. The Labute approximate surface area is 194 Å². The molecule has 0 aromatic heterocycles. The molecule has 0 saturated carbocycles. The lowest BCUT2D eigenvalue weighted by atomic mass is 10.4. The van der Waals surface area contributed by atoms with Crippen molar-refractivity contribution >= 4 is 67.5 Å². The van der Waals surface area contributed by atoms with E-state index in [4.69, 9.17) is 24.7 Å². The van der Waals surface area contributed by atoms with Gasteiger partial charge in [-0.2, -0.15) is 0 Å². The summed E-state index contributed by atoms with van der Waals surface area (Å²) < 4.78 is 38.1. The Balaban J connectivity index is 2.86. The summed E-state index contributed by atoms with van der Waals surface area (Å²) in [5.74, 6) is 0. The third kappa shape index (κ3) is 11.9. The van der Waals surface area contributed by atoms with E-state index in [-0.39, 0.29) is 0 Å². The summed E-state index contributed by atoms with van der Waals surface area (Å²) in [4.78, 5) is 0. The molecule has 4 atom stereocenters. The summed E-state index contributed by atoms with van der Waals surface area (Å²) in [5, 5.41) is 1.11. The van der Waals surface area contributed by atoms with E-state index in [1.54, 1.807) is 0 Å². The average Bonchev–Trinajstić information content (AvgIpc) is 2.50. The second-order valence-electron chi connectivity index (χ2n) is 9.55. The molecule has 0 saturated heterocycles. The second kappa shape index (κ2) is 12.1. The van der Waals surface area contributed by atoms with Crippen LogP contribution in [0.2, 0.25) is 72.0 Å². The van der Waals surface area contributed by atoms with Gasteiger partial charge in [0.15, 0.2) is 16.6 Å². The van der Waals surface area contributed by atoms with Gasteiger partial charge in [0.1, 0.15) is 0 Å². The normalized spacial score (nSPS) is 19.0. The molecule has 1 aromatic carbocycles. The number of hydrogen-bond acceptors (Lipinski definition) is 6. The van der Waals surface area contributed by atoms with Gasteiger partial charge >= 0.3 is 27.1 Å². The number of hydrogen-bond donors (Lipinski definition) is 0. The highest BCUT2D eigenvalue weighted by Crippen LogP contribution is 2.16. The minimum Gasteiger partial charge on any atom is -0.439 e. The fraction of sp³-hybridized carbons (Fsp3) is 0.647. The Morgan fingerprint density at radius 1 is 0.533 bits per heavy atom. The summed E-state index contributed by atoms with van der Waals surface area (Å²) in [6.45, 7) is 23.6. The van der Waals surface area contributed by atoms with Gasteiger partial charge in [-0.25, -0.2) is 0 Å². The maximum absolute atomic E-state index is 6.60. The van der Waals surface area contributed by atoms with Crippen LogP contribution in [-0.2, 0) is 24.7 Å². The third-order valence-electron chi connectivity index (χ3n) is 3.89. The number of benzene rings is 1. The molecule has 4 unspecified atom stereocenters. The molecule has 174 valence electrons. The van der Waals surface area contributed by atoms with Crippen molar-refractivity contribution < 1.29 is 24.7 Å². The zero-order valence-corrected chi connectivity index (χ0v) is 28.3. The molecule has 0 radical (unpaired) electrons. The minimum absolute atomic E-state index is 1.11. The second-order valence-corrected chi connectivity index (χ2v) is 31.0. The van der Waals surface area contributed by atoms with Crippen LogP contribution in [0.4, 0.5) is 0 Å². The first-order chi connectivity index (χ1) is 13.6. The maximum Gasteiger partial charge on any atom is 0.351 e. The smallest absolute Gasteiger partial charge is 0.351 e.